The van der Waals surface area contributed by atoms with Crippen LogP contribution in [0.15, 0.2) is 24.3 Å². The minimum Gasteiger partial charge on any atom is -0.330 e. The zero-order valence-electron chi connectivity index (χ0n) is 10.9. The molecule has 0 aliphatic carbocycles. The van der Waals surface area contributed by atoms with E-state index in [1.54, 1.807) is 12.1 Å². The van der Waals surface area contributed by atoms with Gasteiger partial charge in [-0.3, -0.25) is 0 Å². The van der Waals surface area contributed by atoms with Gasteiger partial charge in [-0.1, -0.05) is 12.1 Å². The first-order chi connectivity index (χ1) is 9.17. The molecule has 0 spiro atoms. The highest BCUT2D eigenvalue weighted by molar-refractivity contribution is 5.17. The van der Waals surface area contributed by atoms with Crippen LogP contribution in [-0.2, 0) is 19.3 Å². The smallest absolute Gasteiger partial charge is 0.133 e. The molecule has 0 bridgehead atoms. The van der Waals surface area contributed by atoms with Crippen LogP contribution in [0.4, 0.5) is 4.39 Å². The Morgan fingerprint density at radius 3 is 2.21 bits per heavy atom. The summed E-state index contributed by atoms with van der Waals surface area (Å²) in [5.74, 6) is 2.00. The van der Waals surface area contributed by atoms with Crippen molar-refractivity contribution >= 4 is 0 Å². The number of rotatable bonds is 5. The second-order valence-electron chi connectivity index (χ2n) is 4.38. The van der Waals surface area contributed by atoms with E-state index in [1.807, 2.05) is 6.92 Å². The molecule has 1 heterocycles. The maximum atomic E-state index is 12.8. The van der Waals surface area contributed by atoms with E-state index in [2.05, 4.69) is 15.0 Å². The lowest BCUT2D eigenvalue weighted by molar-refractivity contribution is 0.627. The van der Waals surface area contributed by atoms with Gasteiger partial charge in [0.25, 0.3) is 0 Å². The van der Waals surface area contributed by atoms with Crippen molar-refractivity contribution in [1.82, 2.24) is 15.0 Å². The molecule has 100 valence electrons. The van der Waals surface area contributed by atoms with Crippen LogP contribution in [0, 0.1) is 12.7 Å². The topological polar surface area (TPSA) is 64.7 Å². The molecule has 0 aliphatic heterocycles. The first-order valence-corrected chi connectivity index (χ1v) is 6.32. The van der Waals surface area contributed by atoms with Crippen molar-refractivity contribution in [2.24, 2.45) is 5.73 Å². The Morgan fingerprint density at radius 2 is 1.58 bits per heavy atom. The minimum atomic E-state index is -0.218. The van der Waals surface area contributed by atoms with Crippen molar-refractivity contribution in [3.05, 3.63) is 53.1 Å². The van der Waals surface area contributed by atoms with Crippen molar-refractivity contribution < 1.29 is 4.39 Å². The number of hydrogen-bond acceptors (Lipinski definition) is 4. The predicted octanol–water partition coefficient (Wildman–Crippen LogP) is 1.61. The highest BCUT2D eigenvalue weighted by Gasteiger charge is 2.04. The first-order valence-electron chi connectivity index (χ1n) is 6.32. The molecule has 0 fully saturated rings. The molecule has 0 saturated carbocycles. The van der Waals surface area contributed by atoms with Gasteiger partial charge in [-0.15, -0.1) is 0 Å². The fourth-order valence-electron chi connectivity index (χ4n) is 1.86. The molecule has 0 aliphatic rings. The normalized spacial score (nSPS) is 10.7. The minimum absolute atomic E-state index is 0.218. The third-order valence-electron chi connectivity index (χ3n) is 2.76. The fourth-order valence-corrected chi connectivity index (χ4v) is 1.86. The highest BCUT2D eigenvalue weighted by Crippen LogP contribution is 2.06. The van der Waals surface area contributed by atoms with Crippen LogP contribution in [-0.4, -0.2) is 21.5 Å². The van der Waals surface area contributed by atoms with Crippen molar-refractivity contribution in [3.8, 4) is 0 Å². The van der Waals surface area contributed by atoms with Crippen molar-refractivity contribution in [2.45, 2.75) is 26.2 Å². The molecule has 1 aromatic carbocycles. The average molecular weight is 260 g/mol. The molecule has 1 aromatic heterocycles. The molecule has 19 heavy (non-hydrogen) atoms. The number of aryl methyl sites for hydroxylation is 3. The van der Waals surface area contributed by atoms with Gasteiger partial charge in [0.05, 0.1) is 0 Å². The van der Waals surface area contributed by atoms with Gasteiger partial charge in [0, 0.05) is 12.8 Å². The van der Waals surface area contributed by atoms with Crippen LogP contribution in [0.2, 0.25) is 0 Å². The van der Waals surface area contributed by atoms with Crippen LogP contribution in [0.25, 0.3) is 0 Å². The quantitative estimate of drug-likeness (QED) is 0.887. The van der Waals surface area contributed by atoms with Crippen LogP contribution in [0.1, 0.15) is 23.0 Å². The molecule has 2 N–H and O–H groups in total. The summed E-state index contributed by atoms with van der Waals surface area (Å²) >= 11 is 0. The Bertz CT molecular complexity index is 540. The van der Waals surface area contributed by atoms with Crippen LogP contribution in [0.5, 0.6) is 0 Å². The third-order valence-corrected chi connectivity index (χ3v) is 2.76. The standard InChI is InChI=1S/C14H17FN4/c1-10-17-13(19-14(18-10)8-9-16)7-4-11-2-5-12(15)6-3-11/h2-3,5-6H,4,7-9,16H2,1H3. The molecule has 0 saturated heterocycles. The van der Waals surface area contributed by atoms with Gasteiger partial charge in [0.1, 0.15) is 23.3 Å². The lowest BCUT2D eigenvalue weighted by atomic mass is 10.1. The van der Waals surface area contributed by atoms with Crippen LogP contribution in [0.3, 0.4) is 0 Å². The summed E-state index contributed by atoms with van der Waals surface area (Å²) in [6.07, 6.45) is 2.16. The molecule has 2 aromatic rings. The van der Waals surface area contributed by atoms with E-state index in [0.717, 1.165) is 23.6 Å². The van der Waals surface area contributed by atoms with Crippen molar-refractivity contribution in [1.29, 1.82) is 0 Å². The van der Waals surface area contributed by atoms with Gasteiger partial charge in [-0.2, -0.15) is 0 Å². The third kappa shape index (κ3) is 4.06. The van der Waals surface area contributed by atoms with E-state index in [0.29, 0.717) is 25.2 Å². The van der Waals surface area contributed by atoms with E-state index in [9.17, 15) is 4.39 Å². The number of halogens is 1. The van der Waals surface area contributed by atoms with E-state index < -0.39 is 0 Å². The molecule has 0 atom stereocenters. The van der Waals surface area contributed by atoms with Gasteiger partial charge >= 0.3 is 0 Å². The molecular weight excluding hydrogens is 243 g/mol. The second kappa shape index (κ2) is 6.33. The Kier molecular flexibility index (Phi) is 4.52. The highest BCUT2D eigenvalue weighted by atomic mass is 19.1. The number of hydrogen-bond donors (Lipinski definition) is 1. The monoisotopic (exact) mass is 260 g/mol. The average Bonchev–Trinajstić information content (AvgIpc) is 2.38. The van der Waals surface area contributed by atoms with Gasteiger partial charge in [-0.05, 0) is 37.6 Å². The van der Waals surface area contributed by atoms with E-state index in [-0.39, 0.29) is 5.82 Å². The van der Waals surface area contributed by atoms with Crippen molar-refractivity contribution in [2.75, 3.05) is 6.54 Å². The number of benzene rings is 1. The molecule has 0 radical (unpaired) electrons. The maximum absolute atomic E-state index is 12.8. The van der Waals surface area contributed by atoms with E-state index in [4.69, 9.17) is 5.73 Å². The van der Waals surface area contributed by atoms with Gasteiger partial charge in [-0.25, -0.2) is 19.3 Å². The summed E-state index contributed by atoms with van der Waals surface area (Å²) in [6, 6.07) is 6.50. The van der Waals surface area contributed by atoms with Gasteiger partial charge in [0.15, 0.2) is 0 Å². The Balaban J connectivity index is 2.04. The fraction of sp³-hybridized carbons (Fsp3) is 0.357. The van der Waals surface area contributed by atoms with Crippen LogP contribution >= 0.6 is 0 Å². The summed E-state index contributed by atoms with van der Waals surface area (Å²) in [5, 5.41) is 0. The zero-order chi connectivity index (χ0) is 13.7. The number of nitrogens with two attached hydrogens (primary N) is 1. The predicted molar refractivity (Wildman–Crippen MR) is 71.1 cm³/mol. The second-order valence-corrected chi connectivity index (χ2v) is 4.38. The first kappa shape index (κ1) is 13.5. The zero-order valence-corrected chi connectivity index (χ0v) is 10.9. The molecule has 4 nitrogen and oxygen atoms in total. The molecule has 0 amide bonds. The molecule has 2 rings (SSSR count). The van der Waals surface area contributed by atoms with Crippen molar-refractivity contribution in [3.63, 3.8) is 0 Å². The summed E-state index contributed by atoms with van der Waals surface area (Å²) < 4.78 is 12.8. The Hall–Kier alpha value is -1.88. The lowest BCUT2D eigenvalue weighted by Crippen LogP contribution is -2.11. The summed E-state index contributed by atoms with van der Waals surface area (Å²) in [4.78, 5) is 12.9. The largest absolute Gasteiger partial charge is 0.330 e. The summed E-state index contributed by atoms with van der Waals surface area (Å²) in [6.45, 7) is 2.38. The molecule has 5 heteroatoms. The molecular formula is C14H17FN4. The Morgan fingerprint density at radius 1 is 0.947 bits per heavy atom. The van der Waals surface area contributed by atoms with Gasteiger partial charge < -0.3 is 5.73 Å². The summed E-state index contributed by atoms with van der Waals surface area (Å²) in [5.41, 5.74) is 6.57. The Labute approximate surface area is 111 Å². The maximum Gasteiger partial charge on any atom is 0.133 e. The summed E-state index contributed by atoms with van der Waals surface area (Å²) in [7, 11) is 0. The van der Waals surface area contributed by atoms with Gasteiger partial charge in [0.2, 0.25) is 0 Å². The number of aromatic nitrogens is 3. The van der Waals surface area contributed by atoms with E-state index >= 15 is 0 Å². The molecule has 0 unspecified atom stereocenters. The lowest BCUT2D eigenvalue weighted by Gasteiger charge is -2.04. The number of nitrogens with zero attached hydrogens (tertiary/aromatic N) is 3. The SMILES string of the molecule is Cc1nc(CCN)nc(CCc2ccc(F)cc2)n1. The van der Waals surface area contributed by atoms with Crippen LogP contribution < -0.4 is 5.73 Å². The van der Waals surface area contributed by atoms with E-state index in [1.165, 1.54) is 12.1 Å².